The monoisotopic (exact) mass is 724 g/mol. The Morgan fingerprint density at radius 2 is 1.44 bits per heavy atom. The van der Waals surface area contributed by atoms with Gasteiger partial charge < -0.3 is 19.8 Å². The van der Waals surface area contributed by atoms with Crippen LogP contribution < -0.4 is 5.48 Å². The number of aromatic amines is 2. The maximum Gasteiger partial charge on any atom is 0.245 e. The number of hydroxylamine groups is 1. The van der Waals surface area contributed by atoms with Crippen molar-refractivity contribution >= 4 is 5.91 Å². The molecule has 12 heteroatoms. The van der Waals surface area contributed by atoms with Gasteiger partial charge in [-0.25, -0.2) is 9.97 Å². The summed E-state index contributed by atoms with van der Waals surface area (Å²) in [4.78, 5) is 42.1. The highest BCUT2D eigenvalue weighted by molar-refractivity contribution is 5.84. The molecular weight excluding hydrogens is 677 g/mol. The quantitative estimate of drug-likeness (QED) is 0.104. The molecule has 0 unspecified atom stereocenters. The zero-order valence-corrected chi connectivity index (χ0v) is 31.5. The van der Waals surface area contributed by atoms with Gasteiger partial charge in [0, 0.05) is 12.1 Å². The first-order valence-electron chi connectivity index (χ1n) is 18.4. The summed E-state index contributed by atoms with van der Waals surface area (Å²) in [5.74, 6) is 1.64. The predicted octanol–water partition coefficient (Wildman–Crippen LogP) is 6.78. The number of likely N-dealkylation sites (N-methyl/N-ethyl adjacent to an activating group) is 2. The molecule has 54 heavy (non-hydrogen) atoms. The second kappa shape index (κ2) is 16.6. The fraction of sp³-hybridized carbons (Fsp3) is 0.310. The normalized spacial score (nSPS) is 16.2. The van der Waals surface area contributed by atoms with Crippen molar-refractivity contribution in [1.82, 2.24) is 50.3 Å². The third-order valence-corrected chi connectivity index (χ3v) is 10.1. The SMILES string of the molecule is C[C@H](NOC[C@@H](c1ccccc1)N(C)C)c1ncc(-c2ccc(-c3ccc(-c4cnc([C@@H]5CCCN5C(=O)[C@@H](c5ccccc5)N(C)C)[nH]4)nn3)cc2)[nH]1. The van der Waals surface area contributed by atoms with Gasteiger partial charge in [-0.05, 0) is 76.8 Å². The van der Waals surface area contributed by atoms with E-state index in [-0.39, 0.29) is 30.1 Å². The number of rotatable bonds is 14. The van der Waals surface area contributed by atoms with Gasteiger partial charge in [-0.2, -0.15) is 5.48 Å². The first kappa shape index (κ1) is 36.8. The van der Waals surface area contributed by atoms with Gasteiger partial charge in [0.25, 0.3) is 0 Å². The van der Waals surface area contributed by atoms with Crippen LogP contribution in [0, 0.1) is 0 Å². The van der Waals surface area contributed by atoms with Crippen molar-refractivity contribution in [3.63, 3.8) is 0 Å². The van der Waals surface area contributed by atoms with Crippen LogP contribution in [0.4, 0.5) is 0 Å². The molecule has 3 aromatic carbocycles. The highest BCUT2D eigenvalue weighted by Gasteiger charge is 2.37. The van der Waals surface area contributed by atoms with Crippen LogP contribution in [0.1, 0.15) is 66.7 Å². The Morgan fingerprint density at radius 3 is 2.11 bits per heavy atom. The summed E-state index contributed by atoms with van der Waals surface area (Å²) in [5, 5.41) is 9.07. The Kier molecular flexibility index (Phi) is 11.3. The van der Waals surface area contributed by atoms with Crippen LogP contribution in [0.3, 0.4) is 0 Å². The number of aromatic nitrogens is 6. The van der Waals surface area contributed by atoms with Crippen molar-refractivity contribution < 1.29 is 9.63 Å². The van der Waals surface area contributed by atoms with E-state index in [0.717, 1.165) is 58.3 Å². The lowest BCUT2D eigenvalue weighted by Gasteiger charge is -2.31. The van der Waals surface area contributed by atoms with Crippen LogP contribution in [0.2, 0.25) is 0 Å². The van der Waals surface area contributed by atoms with E-state index < -0.39 is 0 Å². The van der Waals surface area contributed by atoms with E-state index in [1.807, 2.05) is 122 Å². The molecule has 0 radical (unpaired) electrons. The molecule has 1 aliphatic rings. The number of hydrogen-bond donors (Lipinski definition) is 3. The first-order valence-corrected chi connectivity index (χ1v) is 18.4. The summed E-state index contributed by atoms with van der Waals surface area (Å²) in [5.41, 5.74) is 10.4. The summed E-state index contributed by atoms with van der Waals surface area (Å²) in [6.07, 6.45) is 5.40. The minimum absolute atomic E-state index is 0.0829. The topological polar surface area (TPSA) is 131 Å². The van der Waals surface area contributed by atoms with Crippen molar-refractivity contribution in [3.05, 3.63) is 132 Å². The molecule has 7 rings (SSSR count). The average molecular weight is 725 g/mol. The minimum Gasteiger partial charge on any atom is -0.341 e. The van der Waals surface area contributed by atoms with Crippen LogP contribution in [-0.2, 0) is 9.63 Å². The van der Waals surface area contributed by atoms with E-state index in [9.17, 15) is 4.79 Å². The molecule has 1 aliphatic heterocycles. The standard InChI is InChI=1S/C42H48N10O2/c1-28(49-54-27-38(50(2)3)31-13-8-6-9-14-31)40-43-25-35(45-40)30-20-18-29(19-21-30)33-22-23-34(48-47-33)36-26-44-41(46-36)37-17-12-24-52(37)42(53)39(51(4)5)32-15-10-7-11-16-32/h6-11,13-16,18-23,25-26,28,37-39,49H,12,17,24,27H2,1-5H3,(H,43,45)(H,44,46)/t28-,37-,38-,39+/m0/s1. The Labute approximate surface area is 316 Å². The lowest BCUT2D eigenvalue weighted by molar-refractivity contribution is -0.137. The van der Waals surface area contributed by atoms with Crippen molar-refractivity contribution in [2.75, 3.05) is 41.3 Å². The largest absolute Gasteiger partial charge is 0.341 e. The number of nitrogens with zero attached hydrogens (tertiary/aromatic N) is 7. The predicted molar refractivity (Wildman–Crippen MR) is 210 cm³/mol. The molecule has 4 atom stereocenters. The summed E-state index contributed by atoms with van der Waals surface area (Å²) < 4.78 is 0. The number of carbonyl (C=O) groups excluding carboxylic acids is 1. The van der Waals surface area contributed by atoms with Gasteiger partial charge in [0.1, 0.15) is 23.4 Å². The number of likely N-dealkylation sites (tertiary alicyclic amines) is 1. The fourth-order valence-electron chi connectivity index (χ4n) is 7.09. The van der Waals surface area contributed by atoms with E-state index in [1.54, 1.807) is 6.20 Å². The van der Waals surface area contributed by atoms with Crippen molar-refractivity contribution in [1.29, 1.82) is 0 Å². The Balaban J connectivity index is 0.962. The number of carbonyl (C=O) groups is 1. The lowest BCUT2D eigenvalue weighted by Crippen LogP contribution is -2.40. The van der Waals surface area contributed by atoms with Gasteiger partial charge in [0.2, 0.25) is 5.91 Å². The van der Waals surface area contributed by atoms with Gasteiger partial charge >= 0.3 is 0 Å². The van der Waals surface area contributed by atoms with Crippen molar-refractivity contribution in [2.45, 2.75) is 43.9 Å². The van der Waals surface area contributed by atoms with E-state index in [0.29, 0.717) is 18.8 Å². The lowest BCUT2D eigenvalue weighted by atomic mass is 10.0. The third-order valence-electron chi connectivity index (χ3n) is 10.1. The molecular formula is C42H48N10O2. The molecule has 4 heterocycles. The molecule has 0 spiro atoms. The molecule has 1 saturated heterocycles. The molecule has 1 fully saturated rings. The second-order valence-electron chi connectivity index (χ2n) is 14.3. The average Bonchev–Trinajstić information content (AvgIpc) is 3.99. The van der Waals surface area contributed by atoms with Crippen molar-refractivity contribution in [3.8, 4) is 33.9 Å². The molecule has 0 aliphatic carbocycles. The highest BCUT2D eigenvalue weighted by Crippen LogP contribution is 2.35. The molecule has 0 saturated carbocycles. The van der Waals surface area contributed by atoms with Gasteiger partial charge in [-0.3, -0.25) is 14.5 Å². The smallest absolute Gasteiger partial charge is 0.245 e. The Bertz CT molecular complexity index is 2100. The summed E-state index contributed by atoms with van der Waals surface area (Å²) in [7, 11) is 8.00. The summed E-state index contributed by atoms with van der Waals surface area (Å²) in [6, 6.07) is 31.9. The molecule has 1 amide bonds. The van der Waals surface area contributed by atoms with Gasteiger partial charge in [0.15, 0.2) is 0 Å². The van der Waals surface area contributed by atoms with Gasteiger partial charge in [-0.1, -0.05) is 84.9 Å². The summed E-state index contributed by atoms with van der Waals surface area (Å²) in [6.45, 7) is 3.21. The van der Waals surface area contributed by atoms with Gasteiger partial charge in [0.05, 0.1) is 54.2 Å². The van der Waals surface area contributed by atoms with Crippen LogP contribution in [-0.4, -0.2) is 92.1 Å². The minimum atomic E-state index is -0.357. The molecule has 278 valence electrons. The fourth-order valence-corrected chi connectivity index (χ4v) is 7.09. The molecule has 0 bridgehead atoms. The van der Waals surface area contributed by atoms with E-state index in [4.69, 9.17) is 9.82 Å². The number of amides is 1. The zero-order valence-electron chi connectivity index (χ0n) is 31.5. The molecule has 3 aromatic heterocycles. The second-order valence-corrected chi connectivity index (χ2v) is 14.3. The summed E-state index contributed by atoms with van der Waals surface area (Å²) >= 11 is 0. The van der Waals surface area contributed by atoms with E-state index in [2.05, 4.69) is 61.8 Å². The number of nitrogens with one attached hydrogen (secondary N) is 3. The number of hydrogen-bond acceptors (Lipinski definition) is 9. The molecule has 6 aromatic rings. The van der Waals surface area contributed by atoms with Crippen LogP contribution >= 0.6 is 0 Å². The third kappa shape index (κ3) is 8.17. The maximum absolute atomic E-state index is 13.9. The van der Waals surface area contributed by atoms with Crippen LogP contribution in [0.5, 0.6) is 0 Å². The zero-order chi connectivity index (χ0) is 37.6. The molecule has 12 nitrogen and oxygen atoms in total. The maximum atomic E-state index is 13.9. The van der Waals surface area contributed by atoms with Gasteiger partial charge in [-0.15, -0.1) is 10.2 Å². The van der Waals surface area contributed by atoms with E-state index in [1.165, 1.54) is 5.56 Å². The Morgan fingerprint density at radius 1 is 0.796 bits per heavy atom. The Hall–Kier alpha value is -5.53. The van der Waals surface area contributed by atoms with Crippen molar-refractivity contribution in [2.24, 2.45) is 0 Å². The van der Waals surface area contributed by atoms with Crippen LogP contribution in [0.25, 0.3) is 33.9 Å². The number of H-pyrrole nitrogens is 2. The number of imidazole rings is 2. The van der Waals surface area contributed by atoms with Crippen LogP contribution in [0.15, 0.2) is 109 Å². The number of benzene rings is 3. The highest BCUT2D eigenvalue weighted by atomic mass is 16.6. The van der Waals surface area contributed by atoms with E-state index >= 15 is 0 Å². The molecule has 3 N–H and O–H groups in total. The first-order chi connectivity index (χ1) is 26.3.